The topological polar surface area (TPSA) is 237 Å². The van der Waals surface area contributed by atoms with E-state index in [1.54, 1.807) is 0 Å². The molecule has 0 aromatic heterocycles. The standard InChI is InChI=1S/C87H170O17P2/c1-8-11-12-13-14-15-16-17-18-21-25-32-37-42-47-56-64-71-87(92)104-83(75-98-85(90)69-62-55-50-49-51-58-65-78(4)5)77-102-106(95,96)100-73-81(88)72-99-105(93,94)101-76-82(74-97-84(89)68-61-54-46-41-36-31-28-27-30-35-40-45-53-60-67-80(7)10-3)103-86(91)70-63-57-48-43-38-33-26-23-20-19-22-24-29-34-39-44-52-59-66-79(6)9-2/h78-83,88H,8-77H2,1-7H3,(H,93,94)(H,95,96)/t79?,80?,81-,82-,83-/m1/s1. The first kappa shape index (κ1) is 104. The molecule has 0 aromatic rings. The monoisotopic (exact) mass is 1550 g/mol. The zero-order valence-corrected chi connectivity index (χ0v) is 71.7. The SMILES string of the molecule is CCCCCCCCCCCCCCCCCCCC(=O)O[C@H](COC(=O)CCCCCCCCC(C)C)COP(=O)(O)OC[C@H](O)COP(=O)(O)OC[C@@H](COC(=O)CCCCCCCCCCCCCCCCC(C)CC)OC(=O)CCCCCCCCCCCCCCCCCCCCC(C)CC. The van der Waals surface area contributed by atoms with E-state index in [1.807, 2.05) is 0 Å². The van der Waals surface area contributed by atoms with Crippen LogP contribution in [0.1, 0.15) is 459 Å². The molecule has 17 nitrogen and oxygen atoms in total. The lowest BCUT2D eigenvalue weighted by Gasteiger charge is -2.21. The first-order chi connectivity index (χ1) is 51.3. The van der Waals surface area contributed by atoms with Gasteiger partial charge in [-0.1, -0.05) is 408 Å². The average molecular weight is 1550 g/mol. The van der Waals surface area contributed by atoms with Crippen molar-refractivity contribution in [1.29, 1.82) is 0 Å². The first-order valence-electron chi connectivity index (χ1n) is 44.9. The lowest BCUT2D eigenvalue weighted by atomic mass is 9.99. The summed E-state index contributed by atoms with van der Waals surface area (Å²) < 4.78 is 68.9. The zero-order valence-electron chi connectivity index (χ0n) is 69.9. The maximum Gasteiger partial charge on any atom is 0.472 e. The van der Waals surface area contributed by atoms with Gasteiger partial charge in [0, 0.05) is 25.7 Å². The Balaban J connectivity index is 5.21. The number of unbranched alkanes of at least 4 members (excludes halogenated alkanes) is 51. The number of hydrogen-bond donors (Lipinski definition) is 3. The Hall–Kier alpha value is -1.94. The summed E-state index contributed by atoms with van der Waals surface area (Å²) in [6.45, 7) is 12.0. The third kappa shape index (κ3) is 77.4. The van der Waals surface area contributed by atoms with Crippen LogP contribution >= 0.6 is 15.6 Å². The summed E-state index contributed by atoms with van der Waals surface area (Å²) in [4.78, 5) is 73.2. The van der Waals surface area contributed by atoms with E-state index in [1.165, 1.54) is 263 Å². The molecule has 0 saturated carbocycles. The summed E-state index contributed by atoms with van der Waals surface area (Å²) in [5.41, 5.74) is 0. The Kier molecular flexibility index (Phi) is 75.6. The van der Waals surface area contributed by atoms with Crippen molar-refractivity contribution >= 4 is 39.5 Å². The van der Waals surface area contributed by atoms with E-state index in [0.717, 1.165) is 108 Å². The van der Waals surface area contributed by atoms with Crippen molar-refractivity contribution in [2.45, 2.75) is 478 Å². The van der Waals surface area contributed by atoms with Crippen LogP contribution in [0.5, 0.6) is 0 Å². The summed E-state index contributed by atoms with van der Waals surface area (Å²) in [6.07, 6.45) is 68.1. The van der Waals surface area contributed by atoms with Crippen LogP contribution in [-0.4, -0.2) is 96.7 Å². The summed E-state index contributed by atoms with van der Waals surface area (Å²) in [6, 6.07) is 0. The van der Waals surface area contributed by atoms with Gasteiger partial charge in [-0.15, -0.1) is 0 Å². The van der Waals surface area contributed by atoms with Gasteiger partial charge in [0.2, 0.25) is 0 Å². The largest absolute Gasteiger partial charge is 0.472 e. The Morgan fingerprint density at radius 1 is 0.274 bits per heavy atom. The highest BCUT2D eigenvalue weighted by Gasteiger charge is 2.31. The van der Waals surface area contributed by atoms with Gasteiger partial charge in [0.05, 0.1) is 26.4 Å². The lowest BCUT2D eigenvalue weighted by molar-refractivity contribution is -0.161. The maximum atomic E-state index is 13.2. The number of ether oxygens (including phenoxy) is 4. The summed E-state index contributed by atoms with van der Waals surface area (Å²) in [5.74, 6) is 0.295. The Morgan fingerprint density at radius 2 is 0.481 bits per heavy atom. The van der Waals surface area contributed by atoms with Crippen LogP contribution in [0.3, 0.4) is 0 Å². The molecule has 0 aromatic carbocycles. The first-order valence-corrected chi connectivity index (χ1v) is 47.9. The van der Waals surface area contributed by atoms with Gasteiger partial charge in [0.1, 0.15) is 19.3 Å². The Bertz CT molecular complexity index is 2050. The van der Waals surface area contributed by atoms with Gasteiger partial charge in [0.15, 0.2) is 12.2 Å². The molecule has 4 unspecified atom stereocenters. The lowest BCUT2D eigenvalue weighted by Crippen LogP contribution is -2.30. The molecule has 0 aliphatic rings. The summed E-state index contributed by atoms with van der Waals surface area (Å²) in [5, 5.41) is 10.7. The fourth-order valence-electron chi connectivity index (χ4n) is 13.5. The predicted molar refractivity (Wildman–Crippen MR) is 437 cm³/mol. The van der Waals surface area contributed by atoms with E-state index >= 15 is 0 Å². The van der Waals surface area contributed by atoms with Gasteiger partial charge in [-0.3, -0.25) is 37.3 Å². The van der Waals surface area contributed by atoms with Gasteiger partial charge < -0.3 is 33.8 Å². The molecule has 0 amide bonds. The molecule has 0 aliphatic heterocycles. The molecule has 0 rings (SSSR count). The maximum absolute atomic E-state index is 13.2. The minimum atomic E-state index is -4.97. The van der Waals surface area contributed by atoms with Gasteiger partial charge in [-0.2, -0.15) is 0 Å². The van der Waals surface area contributed by atoms with Crippen molar-refractivity contribution in [3.05, 3.63) is 0 Å². The van der Waals surface area contributed by atoms with Gasteiger partial charge in [-0.25, -0.2) is 9.13 Å². The summed E-state index contributed by atoms with van der Waals surface area (Å²) >= 11 is 0. The molecule has 19 heteroatoms. The number of rotatable bonds is 85. The number of phosphoric acid groups is 2. The second-order valence-electron chi connectivity index (χ2n) is 32.2. The smallest absolute Gasteiger partial charge is 0.462 e. The van der Waals surface area contributed by atoms with Gasteiger partial charge >= 0.3 is 39.5 Å². The van der Waals surface area contributed by atoms with Crippen molar-refractivity contribution in [3.8, 4) is 0 Å². The summed E-state index contributed by atoms with van der Waals surface area (Å²) in [7, 11) is -9.93. The second-order valence-corrected chi connectivity index (χ2v) is 35.1. The number of phosphoric ester groups is 2. The fraction of sp³-hybridized carbons (Fsp3) is 0.954. The van der Waals surface area contributed by atoms with Crippen LogP contribution < -0.4 is 0 Å². The number of hydrogen-bond acceptors (Lipinski definition) is 15. The molecule has 0 spiro atoms. The molecule has 0 aliphatic carbocycles. The number of esters is 4. The predicted octanol–water partition coefficient (Wildman–Crippen LogP) is 26.5. The van der Waals surface area contributed by atoms with Crippen LogP contribution in [0.25, 0.3) is 0 Å². The number of carbonyl (C=O) groups is 4. The van der Waals surface area contributed by atoms with Crippen molar-refractivity contribution in [2.75, 3.05) is 39.6 Å². The molecule has 7 atom stereocenters. The van der Waals surface area contributed by atoms with Gasteiger partial charge in [0.25, 0.3) is 0 Å². The quantitative estimate of drug-likeness (QED) is 0.0222. The molecule has 630 valence electrons. The minimum absolute atomic E-state index is 0.107. The van der Waals surface area contributed by atoms with E-state index in [9.17, 15) is 43.2 Å². The highest BCUT2D eigenvalue weighted by atomic mass is 31.2. The van der Waals surface area contributed by atoms with E-state index < -0.39 is 97.5 Å². The normalized spacial score (nSPS) is 14.4. The van der Waals surface area contributed by atoms with Crippen LogP contribution in [0.15, 0.2) is 0 Å². The zero-order chi connectivity index (χ0) is 77.9. The number of carbonyl (C=O) groups excluding carboxylic acids is 4. The minimum Gasteiger partial charge on any atom is -0.462 e. The number of aliphatic hydroxyl groups excluding tert-OH is 1. The van der Waals surface area contributed by atoms with Crippen molar-refractivity contribution < 1.29 is 80.2 Å². The fourth-order valence-corrected chi connectivity index (χ4v) is 15.1. The molecule has 0 radical (unpaired) electrons. The molecular formula is C87H170O17P2. The molecule has 0 bridgehead atoms. The number of aliphatic hydroxyl groups is 1. The Morgan fingerprint density at radius 3 is 0.717 bits per heavy atom. The van der Waals surface area contributed by atoms with Crippen molar-refractivity contribution in [2.24, 2.45) is 17.8 Å². The van der Waals surface area contributed by atoms with E-state index in [-0.39, 0.29) is 25.7 Å². The van der Waals surface area contributed by atoms with Crippen LogP contribution in [0.4, 0.5) is 0 Å². The molecule has 0 heterocycles. The average Bonchev–Trinajstić information content (AvgIpc) is 0.900. The second kappa shape index (κ2) is 77.0. The Labute approximate surface area is 651 Å². The third-order valence-electron chi connectivity index (χ3n) is 21.1. The van der Waals surface area contributed by atoms with E-state index in [0.29, 0.717) is 31.6 Å². The van der Waals surface area contributed by atoms with Crippen molar-refractivity contribution in [3.63, 3.8) is 0 Å². The molecule has 106 heavy (non-hydrogen) atoms. The van der Waals surface area contributed by atoms with E-state index in [4.69, 9.17) is 37.0 Å². The molecule has 0 fully saturated rings. The highest BCUT2D eigenvalue weighted by Crippen LogP contribution is 2.45. The molecule has 0 saturated heterocycles. The van der Waals surface area contributed by atoms with Crippen LogP contribution in [-0.2, 0) is 65.4 Å². The van der Waals surface area contributed by atoms with Crippen LogP contribution in [0, 0.1) is 17.8 Å². The van der Waals surface area contributed by atoms with Crippen LogP contribution in [0.2, 0.25) is 0 Å². The molecular weight excluding hydrogens is 1380 g/mol. The third-order valence-corrected chi connectivity index (χ3v) is 23.0. The highest BCUT2D eigenvalue weighted by molar-refractivity contribution is 7.47. The van der Waals surface area contributed by atoms with Gasteiger partial charge in [-0.05, 0) is 43.4 Å². The molecule has 3 N–H and O–H groups in total. The van der Waals surface area contributed by atoms with E-state index in [2.05, 4.69) is 48.5 Å². The van der Waals surface area contributed by atoms with Crippen molar-refractivity contribution in [1.82, 2.24) is 0 Å².